The van der Waals surface area contributed by atoms with E-state index in [0.29, 0.717) is 10.7 Å². The Morgan fingerprint density at radius 3 is 2.55 bits per heavy atom. The Morgan fingerprint density at radius 1 is 1.05 bits per heavy atom. The van der Waals surface area contributed by atoms with Crippen LogP contribution in [0.3, 0.4) is 0 Å². The number of hydrogen-bond donors (Lipinski definition) is 3. The first-order chi connectivity index (χ1) is 10.5. The van der Waals surface area contributed by atoms with Crippen molar-refractivity contribution in [2.75, 3.05) is 17.2 Å². The molecule has 0 radical (unpaired) electrons. The highest BCUT2D eigenvalue weighted by Crippen LogP contribution is 2.14. The number of nitrogens with one attached hydrogen (secondary N) is 3. The number of halogens is 2. The zero-order valence-electron chi connectivity index (χ0n) is 11.4. The molecule has 3 N–H and O–H groups in total. The van der Waals surface area contributed by atoms with Gasteiger partial charge in [0, 0.05) is 10.7 Å². The molecule has 0 aliphatic rings. The summed E-state index contributed by atoms with van der Waals surface area (Å²) in [6.07, 6.45) is 0. The zero-order chi connectivity index (χ0) is 15.9. The van der Waals surface area contributed by atoms with Crippen molar-refractivity contribution in [3.8, 4) is 0 Å². The molecule has 0 bridgehead atoms. The van der Waals surface area contributed by atoms with E-state index in [1.54, 1.807) is 30.3 Å². The van der Waals surface area contributed by atoms with Crippen LogP contribution in [0.5, 0.6) is 0 Å². The van der Waals surface area contributed by atoms with Crippen LogP contribution < -0.4 is 16.0 Å². The second kappa shape index (κ2) is 7.42. The van der Waals surface area contributed by atoms with Crippen molar-refractivity contribution in [1.82, 2.24) is 5.32 Å². The van der Waals surface area contributed by atoms with E-state index in [9.17, 15) is 14.0 Å². The molecule has 0 spiro atoms. The topological polar surface area (TPSA) is 70.2 Å². The average Bonchev–Trinajstić information content (AvgIpc) is 2.48. The highest BCUT2D eigenvalue weighted by atomic mass is 35.5. The summed E-state index contributed by atoms with van der Waals surface area (Å²) in [5, 5.41) is 7.73. The molecule has 0 unspecified atom stereocenters. The Hall–Kier alpha value is -2.60. The number of benzene rings is 2. The van der Waals surface area contributed by atoms with Crippen LogP contribution in [0.25, 0.3) is 0 Å². The van der Waals surface area contributed by atoms with E-state index in [-0.39, 0.29) is 12.2 Å². The maximum absolute atomic E-state index is 13.3. The predicted molar refractivity (Wildman–Crippen MR) is 83.5 cm³/mol. The third kappa shape index (κ3) is 4.75. The Kier molecular flexibility index (Phi) is 5.32. The normalized spacial score (nSPS) is 9.91. The van der Waals surface area contributed by atoms with Gasteiger partial charge in [-0.15, -0.1) is 0 Å². The van der Waals surface area contributed by atoms with Crippen molar-refractivity contribution in [2.24, 2.45) is 0 Å². The van der Waals surface area contributed by atoms with Crippen LogP contribution in [0, 0.1) is 5.82 Å². The smallest absolute Gasteiger partial charge is 0.319 e. The van der Waals surface area contributed by atoms with Crippen LogP contribution in [-0.2, 0) is 4.79 Å². The van der Waals surface area contributed by atoms with E-state index >= 15 is 0 Å². The summed E-state index contributed by atoms with van der Waals surface area (Å²) in [7, 11) is 0. The minimum atomic E-state index is -0.564. The van der Waals surface area contributed by atoms with Gasteiger partial charge in [-0.05, 0) is 30.3 Å². The molecule has 2 aromatic rings. The third-order valence-electron chi connectivity index (χ3n) is 2.64. The quantitative estimate of drug-likeness (QED) is 0.809. The Balaban J connectivity index is 1.81. The number of amides is 3. The first-order valence-corrected chi connectivity index (χ1v) is 6.77. The predicted octanol–water partition coefficient (Wildman–Crippen LogP) is 3.24. The number of urea groups is 1. The van der Waals surface area contributed by atoms with Crippen molar-refractivity contribution in [2.45, 2.75) is 0 Å². The molecule has 114 valence electrons. The van der Waals surface area contributed by atoms with Crippen molar-refractivity contribution >= 4 is 34.9 Å². The summed E-state index contributed by atoms with van der Waals surface area (Å²) < 4.78 is 13.3. The summed E-state index contributed by atoms with van der Waals surface area (Å²) in [6.45, 7) is -0.291. The molecular weight excluding hydrogens is 309 g/mol. The second-order valence-electron chi connectivity index (χ2n) is 4.35. The van der Waals surface area contributed by atoms with Gasteiger partial charge < -0.3 is 16.0 Å². The van der Waals surface area contributed by atoms with Gasteiger partial charge in [0.25, 0.3) is 0 Å². The maximum atomic E-state index is 13.3. The van der Waals surface area contributed by atoms with Gasteiger partial charge in [0.15, 0.2) is 0 Å². The summed E-state index contributed by atoms with van der Waals surface area (Å²) in [6, 6.07) is 11.8. The lowest BCUT2D eigenvalue weighted by Crippen LogP contribution is -2.35. The number of hydrogen-bond acceptors (Lipinski definition) is 2. The second-order valence-corrected chi connectivity index (χ2v) is 4.78. The van der Waals surface area contributed by atoms with E-state index in [2.05, 4.69) is 16.0 Å². The fraction of sp³-hybridized carbons (Fsp3) is 0.0667. The number of rotatable bonds is 4. The molecule has 0 saturated carbocycles. The number of anilines is 2. The Labute approximate surface area is 131 Å². The molecule has 0 aliphatic carbocycles. The number of carbonyl (C=O) groups excluding carboxylic acids is 2. The fourth-order valence-corrected chi connectivity index (χ4v) is 1.85. The lowest BCUT2D eigenvalue weighted by atomic mass is 10.3. The molecular formula is C15H13ClFN3O2. The number of carbonyl (C=O) groups is 2. The highest BCUT2D eigenvalue weighted by Gasteiger charge is 2.08. The van der Waals surface area contributed by atoms with Crippen LogP contribution in [0.4, 0.5) is 20.6 Å². The van der Waals surface area contributed by atoms with Gasteiger partial charge in [-0.2, -0.15) is 0 Å². The summed E-state index contributed by atoms with van der Waals surface area (Å²) >= 11 is 5.79. The molecule has 0 heterocycles. The molecule has 0 aliphatic heterocycles. The van der Waals surface area contributed by atoms with Crippen LogP contribution in [0.15, 0.2) is 48.5 Å². The first kappa shape index (κ1) is 15.8. The van der Waals surface area contributed by atoms with Crippen molar-refractivity contribution in [3.63, 3.8) is 0 Å². The SMILES string of the molecule is O=C(CNC(=O)Nc1cccc(Cl)c1)Nc1ccccc1F. The van der Waals surface area contributed by atoms with Gasteiger partial charge in [0.2, 0.25) is 5.91 Å². The van der Waals surface area contributed by atoms with Crippen LogP contribution in [0.2, 0.25) is 5.02 Å². The van der Waals surface area contributed by atoms with Crippen molar-refractivity contribution < 1.29 is 14.0 Å². The monoisotopic (exact) mass is 321 g/mol. The zero-order valence-corrected chi connectivity index (χ0v) is 12.2. The van der Waals surface area contributed by atoms with E-state index in [0.717, 1.165) is 0 Å². The van der Waals surface area contributed by atoms with Crippen LogP contribution in [-0.4, -0.2) is 18.5 Å². The lowest BCUT2D eigenvalue weighted by molar-refractivity contribution is -0.115. The molecule has 0 aromatic heterocycles. The molecule has 2 rings (SSSR count). The molecule has 2 aromatic carbocycles. The van der Waals surface area contributed by atoms with Crippen molar-refractivity contribution in [3.05, 3.63) is 59.4 Å². The minimum Gasteiger partial charge on any atom is -0.329 e. The Bertz CT molecular complexity index is 694. The van der Waals surface area contributed by atoms with Gasteiger partial charge in [-0.1, -0.05) is 29.8 Å². The molecule has 3 amide bonds. The van der Waals surface area contributed by atoms with E-state index in [1.165, 1.54) is 18.2 Å². The minimum absolute atomic E-state index is 0.0598. The van der Waals surface area contributed by atoms with Gasteiger partial charge in [0.05, 0.1) is 12.2 Å². The third-order valence-corrected chi connectivity index (χ3v) is 2.88. The molecule has 0 saturated heterocycles. The van der Waals surface area contributed by atoms with E-state index < -0.39 is 17.8 Å². The molecule has 22 heavy (non-hydrogen) atoms. The molecule has 0 fully saturated rings. The van der Waals surface area contributed by atoms with Gasteiger partial charge in [-0.25, -0.2) is 9.18 Å². The molecule has 0 atom stereocenters. The molecule has 5 nitrogen and oxygen atoms in total. The summed E-state index contributed by atoms with van der Waals surface area (Å²) in [5.41, 5.74) is 0.559. The van der Waals surface area contributed by atoms with Crippen LogP contribution >= 0.6 is 11.6 Å². The standard InChI is InChI=1S/C15H13ClFN3O2/c16-10-4-3-5-11(8-10)19-15(22)18-9-14(21)20-13-7-2-1-6-12(13)17/h1-8H,9H2,(H,20,21)(H2,18,19,22). The largest absolute Gasteiger partial charge is 0.329 e. The highest BCUT2D eigenvalue weighted by molar-refractivity contribution is 6.30. The maximum Gasteiger partial charge on any atom is 0.319 e. The van der Waals surface area contributed by atoms with Gasteiger partial charge in [-0.3, -0.25) is 4.79 Å². The Morgan fingerprint density at radius 2 is 1.82 bits per heavy atom. The average molecular weight is 322 g/mol. The summed E-state index contributed by atoms with van der Waals surface area (Å²) in [4.78, 5) is 23.3. The van der Waals surface area contributed by atoms with Crippen molar-refractivity contribution in [1.29, 1.82) is 0 Å². The lowest BCUT2D eigenvalue weighted by Gasteiger charge is -2.09. The van der Waals surface area contributed by atoms with Crippen LogP contribution in [0.1, 0.15) is 0 Å². The first-order valence-electron chi connectivity index (χ1n) is 6.39. The van der Waals surface area contributed by atoms with Gasteiger partial charge >= 0.3 is 6.03 Å². The van der Waals surface area contributed by atoms with Gasteiger partial charge in [0.1, 0.15) is 5.82 Å². The fourth-order valence-electron chi connectivity index (χ4n) is 1.66. The number of para-hydroxylation sites is 1. The van der Waals surface area contributed by atoms with E-state index in [1.807, 2.05) is 0 Å². The molecule has 7 heteroatoms. The summed E-state index contributed by atoms with van der Waals surface area (Å²) in [5.74, 6) is -1.08. The van der Waals surface area contributed by atoms with E-state index in [4.69, 9.17) is 11.6 Å².